The van der Waals surface area contributed by atoms with Crippen LogP contribution in [0.1, 0.15) is 43.5 Å². The Hall–Kier alpha value is -5.44. The van der Waals surface area contributed by atoms with Crippen molar-refractivity contribution in [3.8, 4) is 23.0 Å². The summed E-state index contributed by atoms with van der Waals surface area (Å²) in [5, 5.41) is 11.6. The average Bonchev–Trinajstić information content (AvgIpc) is 3.34. The number of esters is 1. The van der Waals surface area contributed by atoms with Crippen LogP contribution in [-0.2, 0) is 15.7 Å². The molecule has 0 unspecified atom stereocenters. The first-order valence-corrected chi connectivity index (χ1v) is 15.3. The van der Waals surface area contributed by atoms with E-state index in [0.29, 0.717) is 39.5 Å². The van der Waals surface area contributed by atoms with Crippen LogP contribution in [0.25, 0.3) is 6.08 Å². The monoisotopic (exact) mass is 683 g/mol. The molecule has 1 aliphatic rings. The first kappa shape index (κ1) is 33.9. The number of rotatable bonds is 10. The third kappa shape index (κ3) is 6.81. The lowest BCUT2D eigenvalue weighted by molar-refractivity contribution is -0.385. The second-order valence-electron chi connectivity index (χ2n) is 10.3. The minimum atomic E-state index is -4.78. The number of allylic oxidation sites excluding steroid dienone is 1. The second-order valence-corrected chi connectivity index (χ2v) is 11.3. The van der Waals surface area contributed by atoms with Gasteiger partial charge >= 0.3 is 17.8 Å². The number of carbonyl (C=O) groups excluding carboxylic acids is 1. The van der Waals surface area contributed by atoms with Crippen molar-refractivity contribution in [2.24, 2.45) is 4.99 Å². The summed E-state index contributed by atoms with van der Waals surface area (Å²) >= 11 is 1.11. The molecule has 0 bridgehead atoms. The SMILES string of the molecule is CCOC(=O)C1=C(C)N=c2sc(=Cc3ccc(Oc4ccc(C(F)(F)F)cc4[N+](=O)[O-])c(OCC)c3)c(=O)n2[C@@H]1c1ccc(OC)cc1. The van der Waals surface area contributed by atoms with Gasteiger partial charge in [0, 0.05) is 6.07 Å². The lowest BCUT2D eigenvalue weighted by Crippen LogP contribution is -2.39. The van der Waals surface area contributed by atoms with Crippen LogP contribution in [0.5, 0.6) is 23.0 Å². The third-order valence-corrected chi connectivity index (χ3v) is 8.20. The lowest BCUT2D eigenvalue weighted by Gasteiger charge is -2.24. The van der Waals surface area contributed by atoms with Gasteiger partial charge in [0.2, 0.25) is 5.75 Å². The van der Waals surface area contributed by atoms with Crippen LogP contribution in [-0.4, -0.2) is 35.8 Å². The molecule has 0 saturated heterocycles. The van der Waals surface area contributed by atoms with Crippen molar-refractivity contribution in [2.75, 3.05) is 20.3 Å². The van der Waals surface area contributed by atoms with Gasteiger partial charge in [0.15, 0.2) is 16.3 Å². The fraction of sp³-hybridized carbons (Fsp3) is 0.242. The molecule has 0 saturated carbocycles. The molecule has 0 N–H and O–H groups in total. The maximum Gasteiger partial charge on any atom is 0.416 e. The molecule has 2 heterocycles. The van der Waals surface area contributed by atoms with Gasteiger partial charge in [-0.05, 0) is 74.4 Å². The Morgan fingerprint density at radius 2 is 1.75 bits per heavy atom. The van der Waals surface area contributed by atoms with Crippen LogP contribution >= 0.6 is 11.3 Å². The number of fused-ring (bicyclic) bond motifs is 1. The highest BCUT2D eigenvalue weighted by atomic mass is 32.1. The van der Waals surface area contributed by atoms with E-state index in [4.69, 9.17) is 18.9 Å². The van der Waals surface area contributed by atoms with Gasteiger partial charge in [-0.3, -0.25) is 19.5 Å². The number of nitro groups is 1. The zero-order valence-corrected chi connectivity index (χ0v) is 26.8. The predicted octanol–water partition coefficient (Wildman–Crippen LogP) is 5.92. The number of hydrogen-bond donors (Lipinski definition) is 0. The molecule has 15 heteroatoms. The van der Waals surface area contributed by atoms with Crippen molar-refractivity contribution >= 4 is 29.1 Å². The third-order valence-electron chi connectivity index (χ3n) is 7.22. The second kappa shape index (κ2) is 13.7. The van der Waals surface area contributed by atoms with Crippen molar-refractivity contribution in [1.82, 2.24) is 4.57 Å². The highest BCUT2D eigenvalue weighted by molar-refractivity contribution is 7.07. The zero-order chi connectivity index (χ0) is 34.7. The molecular weight excluding hydrogens is 655 g/mol. The molecule has 0 radical (unpaired) electrons. The molecule has 1 aliphatic heterocycles. The first-order chi connectivity index (χ1) is 22.9. The number of benzene rings is 3. The van der Waals surface area contributed by atoms with Gasteiger partial charge in [0.1, 0.15) is 5.75 Å². The van der Waals surface area contributed by atoms with Crippen LogP contribution in [0, 0.1) is 10.1 Å². The summed E-state index contributed by atoms with van der Waals surface area (Å²) in [6, 6.07) is 12.6. The molecule has 48 heavy (non-hydrogen) atoms. The van der Waals surface area contributed by atoms with E-state index in [9.17, 15) is 32.9 Å². The Kier molecular flexibility index (Phi) is 9.70. The van der Waals surface area contributed by atoms with Gasteiger partial charge in [0.05, 0.1) is 52.7 Å². The highest BCUT2D eigenvalue weighted by Crippen LogP contribution is 2.40. The molecule has 5 rings (SSSR count). The summed E-state index contributed by atoms with van der Waals surface area (Å²) in [4.78, 5) is 42.6. The minimum absolute atomic E-state index is 0.00697. The number of ether oxygens (including phenoxy) is 4. The normalized spacial score (nSPS) is 14.6. The molecule has 4 aromatic rings. The van der Waals surface area contributed by atoms with Gasteiger partial charge in [-0.15, -0.1) is 0 Å². The number of halogens is 3. The smallest absolute Gasteiger partial charge is 0.416 e. The number of nitro benzene ring substituents is 1. The maximum atomic E-state index is 14.0. The summed E-state index contributed by atoms with van der Waals surface area (Å²) in [5.74, 6) is -0.285. The van der Waals surface area contributed by atoms with Crippen LogP contribution in [0.3, 0.4) is 0 Å². The highest BCUT2D eigenvalue weighted by Gasteiger charge is 2.35. The van der Waals surface area contributed by atoms with Crippen molar-refractivity contribution in [1.29, 1.82) is 0 Å². The van der Waals surface area contributed by atoms with Crippen molar-refractivity contribution in [3.63, 3.8) is 0 Å². The Balaban J connectivity index is 1.58. The van der Waals surface area contributed by atoms with E-state index in [1.807, 2.05) is 0 Å². The molecule has 1 aromatic heterocycles. The predicted molar refractivity (Wildman–Crippen MR) is 169 cm³/mol. The van der Waals surface area contributed by atoms with Gasteiger partial charge in [-0.2, -0.15) is 13.2 Å². The van der Waals surface area contributed by atoms with Crippen molar-refractivity contribution in [2.45, 2.75) is 33.0 Å². The number of aromatic nitrogens is 1. The molecule has 0 amide bonds. The van der Waals surface area contributed by atoms with E-state index in [2.05, 4.69) is 4.99 Å². The van der Waals surface area contributed by atoms with E-state index in [1.165, 1.54) is 23.8 Å². The van der Waals surface area contributed by atoms with Gasteiger partial charge in [-0.1, -0.05) is 29.5 Å². The van der Waals surface area contributed by atoms with Gasteiger partial charge < -0.3 is 18.9 Å². The van der Waals surface area contributed by atoms with Crippen LogP contribution in [0.4, 0.5) is 18.9 Å². The molecule has 11 nitrogen and oxygen atoms in total. The number of nitrogens with zero attached hydrogens (tertiary/aromatic N) is 3. The molecule has 0 aliphatic carbocycles. The topological polar surface area (TPSA) is 131 Å². The number of hydrogen-bond acceptors (Lipinski definition) is 10. The van der Waals surface area contributed by atoms with E-state index >= 15 is 0 Å². The molecule has 1 atom stereocenters. The van der Waals surface area contributed by atoms with Crippen LogP contribution in [0.15, 0.2) is 81.7 Å². The molecular formula is C33H28F3N3O8S. The van der Waals surface area contributed by atoms with E-state index in [0.717, 1.165) is 17.4 Å². The Morgan fingerprint density at radius 3 is 2.38 bits per heavy atom. The van der Waals surface area contributed by atoms with E-state index < -0.39 is 45.7 Å². The minimum Gasteiger partial charge on any atom is -0.497 e. The Bertz CT molecular complexity index is 2100. The summed E-state index contributed by atoms with van der Waals surface area (Å²) in [5.41, 5.74) is -0.743. The fourth-order valence-corrected chi connectivity index (χ4v) is 6.10. The summed E-state index contributed by atoms with van der Waals surface area (Å²) < 4.78 is 63.2. The Labute approximate surface area is 274 Å². The quantitative estimate of drug-likeness (QED) is 0.114. The Morgan fingerprint density at radius 1 is 1.04 bits per heavy atom. The molecule has 0 spiro atoms. The van der Waals surface area contributed by atoms with Gasteiger partial charge in [-0.25, -0.2) is 9.79 Å². The van der Waals surface area contributed by atoms with Crippen molar-refractivity contribution in [3.05, 3.63) is 118 Å². The van der Waals surface area contributed by atoms with Crippen molar-refractivity contribution < 1.29 is 41.8 Å². The molecule has 250 valence electrons. The lowest BCUT2D eigenvalue weighted by atomic mass is 9.96. The van der Waals surface area contributed by atoms with Gasteiger partial charge in [0.25, 0.3) is 5.56 Å². The standard InChI is InChI=1S/C33H28F3N3O8S/c1-5-45-26-15-19(7-13-25(26)47-24-14-10-21(33(34,35)36)17-23(24)39(42)43)16-27-30(40)38-29(20-8-11-22(44-4)12-9-20)28(31(41)46-6-2)18(3)37-32(38)48-27/h7-17,29H,5-6H2,1-4H3/t29-/m1/s1. The van der Waals surface area contributed by atoms with E-state index in [-0.39, 0.29) is 34.8 Å². The van der Waals surface area contributed by atoms with Crippen LogP contribution in [0.2, 0.25) is 0 Å². The first-order valence-electron chi connectivity index (χ1n) is 14.5. The largest absolute Gasteiger partial charge is 0.497 e. The number of alkyl halides is 3. The number of carbonyl (C=O) groups is 1. The average molecular weight is 684 g/mol. The van der Waals surface area contributed by atoms with Crippen LogP contribution < -0.4 is 29.1 Å². The van der Waals surface area contributed by atoms with E-state index in [1.54, 1.807) is 57.2 Å². The zero-order valence-electron chi connectivity index (χ0n) is 26.0. The summed E-state index contributed by atoms with van der Waals surface area (Å²) in [6.45, 7) is 5.34. The molecule has 3 aromatic carbocycles. The number of methoxy groups -OCH3 is 1. The number of thiazole rings is 1. The summed E-state index contributed by atoms with van der Waals surface area (Å²) in [7, 11) is 1.53. The maximum absolute atomic E-state index is 14.0. The summed E-state index contributed by atoms with van der Waals surface area (Å²) in [6.07, 6.45) is -3.20. The molecule has 0 fully saturated rings. The fourth-order valence-electron chi connectivity index (χ4n) is 5.05.